The smallest absolute Gasteiger partial charge is 0.408 e. The molecule has 134 valence electrons. The van der Waals surface area contributed by atoms with Gasteiger partial charge in [-0.15, -0.1) is 0 Å². The summed E-state index contributed by atoms with van der Waals surface area (Å²) in [5.74, 6) is -1.30. The SMILES string of the molecule is C[C@@H](O)[C@H](NC(=O)OC(C)(C)C)C(=O)NCc1cccc(Cl)c1F. The summed E-state index contributed by atoms with van der Waals surface area (Å²) in [5.41, 5.74) is -0.550. The summed E-state index contributed by atoms with van der Waals surface area (Å²) in [4.78, 5) is 23.9. The lowest BCUT2D eigenvalue weighted by Gasteiger charge is -2.24. The molecular formula is C16H22ClFN2O4. The van der Waals surface area contributed by atoms with Crippen molar-refractivity contribution >= 4 is 23.6 Å². The number of carbonyl (C=O) groups excluding carboxylic acids is 2. The number of alkyl carbamates (subject to hydrolysis) is 1. The Hall–Kier alpha value is -1.86. The molecule has 0 aromatic heterocycles. The van der Waals surface area contributed by atoms with Crippen LogP contribution >= 0.6 is 11.6 Å². The molecule has 0 radical (unpaired) electrons. The molecule has 3 N–H and O–H groups in total. The van der Waals surface area contributed by atoms with E-state index in [1.807, 2.05) is 0 Å². The summed E-state index contributed by atoms with van der Waals surface area (Å²) >= 11 is 5.67. The standard InChI is InChI=1S/C16H22ClFN2O4/c1-9(21)13(20-15(23)24-16(2,3)4)14(22)19-8-10-6-5-7-11(17)12(10)18/h5-7,9,13,21H,8H2,1-4H3,(H,19,22)(H,20,23)/t9-,13+/m1/s1. The second-order valence-electron chi connectivity index (χ2n) is 6.30. The summed E-state index contributed by atoms with van der Waals surface area (Å²) in [6, 6.07) is 3.19. The largest absolute Gasteiger partial charge is 0.444 e. The van der Waals surface area contributed by atoms with E-state index in [0.717, 1.165) is 0 Å². The summed E-state index contributed by atoms with van der Waals surface area (Å²) < 4.78 is 18.8. The minimum absolute atomic E-state index is 0.0549. The highest BCUT2D eigenvalue weighted by Crippen LogP contribution is 2.17. The third-order valence-corrected chi connectivity index (χ3v) is 3.21. The molecule has 0 heterocycles. The van der Waals surface area contributed by atoms with Gasteiger partial charge >= 0.3 is 6.09 Å². The highest BCUT2D eigenvalue weighted by molar-refractivity contribution is 6.30. The molecule has 0 bridgehead atoms. The first-order valence-corrected chi connectivity index (χ1v) is 7.77. The third-order valence-electron chi connectivity index (χ3n) is 2.92. The number of nitrogens with one attached hydrogen (secondary N) is 2. The molecule has 1 aromatic rings. The van der Waals surface area contributed by atoms with Crippen LogP contribution in [0.3, 0.4) is 0 Å². The van der Waals surface area contributed by atoms with Crippen LogP contribution < -0.4 is 10.6 Å². The van der Waals surface area contributed by atoms with E-state index in [-0.39, 0.29) is 17.1 Å². The van der Waals surface area contributed by atoms with Crippen molar-refractivity contribution in [2.75, 3.05) is 0 Å². The molecule has 2 amide bonds. The number of halogens is 2. The van der Waals surface area contributed by atoms with Gasteiger partial charge in [0, 0.05) is 12.1 Å². The van der Waals surface area contributed by atoms with E-state index in [1.54, 1.807) is 26.8 Å². The molecule has 0 saturated carbocycles. The summed E-state index contributed by atoms with van der Waals surface area (Å²) in [5, 5.41) is 14.4. The third kappa shape index (κ3) is 6.33. The molecule has 1 rings (SSSR count). The van der Waals surface area contributed by atoms with Gasteiger partial charge in [0.2, 0.25) is 5.91 Å². The van der Waals surface area contributed by atoms with E-state index < -0.39 is 35.6 Å². The number of aliphatic hydroxyl groups excluding tert-OH is 1. The van der Waals surface area contributed by atoms with Crippen molar-refractivity contribution in [2.45, 2.75) is 52.0 Å². The van der Waals surface area contributed by atoms with Crippen LogP contribution in [0.5, 0.6) is 0 Å². The topological polar surface area (TPSA) is 87.7 Å². The predicted molar refractivity (Wildman–Crippen MR) is 88.1 cm³/mol. The zero-order chi connectivity index (χ0) is 18.5. The summed E-state index contributed by atoms with van der Waals surface area (Å²) in [6.07, 6.45) is -2.00. The minimum atomic E-state index is -1.23. The predicted octanol–water partition coefficient (Wildman–Crippen LogP) is 2.37. The Balaban J connectivity index is 2.70. The van der Waals surface area contributed by atoms with Gasteiger partial charge in [-0.2, -0.15) is 0 Å². The van der Waals surface area contributed by atoms with Gasteiger partial charge in [-0.25, -0.2) is 9.18 Å². The molecule has 2 atom stereocenters. The van der Waals surface area contributed by atoms with Gasteiger partial charge < -0.3 is 20.5 Å². The number of rotatable bonds is 5. The number of benzene rings is 1. The van der Waals surface area contributed by atoms with Gasteiger partial charge in [0.1, 0.15) is 17.5 Å². The van der Waals surface area contributed by atoms with Gasteiger partial charge in [0.15, 0.2) is 0 Å². The van der Waals surface area contributed by atoms with Crippen LogP contribution in [-0.2, 0) is 16.1 Å². The lowest BCUT2D eigenvalue weighted by molar-refractivity contribution is -0.125. The van der Waals surface area contributed by atoms with Crippen LogP contribution in [0.1, 0.15) is 33.3 Å². The number of ether oxygens (including phenoxy) is 1. The van der Waals surface area contributed by atoms with E-state index >= 15 is 0 Å². The first-order chi connectivity index (χ1) is 11.0. The van der Waals surface area contributed by atoms with E-state index in [2.05, 4.69) is 10.6 Å². The van der Waals surface area contributed by atoms with E-state index in [1.165, 1.54) is 19.1 Å². The normalized spacial score (nSPS) is 13.8. The van der Waals surface area contributed by atoms with Crippen LogP contribution in [0.2, 0.25) is 5.02 Å². The fourth-order valence-electron chi connectivity index (χ4n) is 1.82. The Kier molecular flexibility index (Phi) is 6.98. The quantitative estimate of drug-likeness (QED) is 0.752. The molecule has 0 saturated heterocycles. The molecule has 0 aliphatic heterocycles. The average molecular weight is 361 g/mol. The second kappa shape index (κ2) is 8.30. The molecule has 0 aliphatic rings. The molecule has 0 unspecified atom stereocenters. The second-order valence-corrected chi connectivity index (χ2v) is 6.70. The number of hydrogen-bond donors (Lipinski definition) is 3. The maximum Gasteiger partial charge on any atom is 0.408 e. The van der Waals surface area contributed by atoms with Crippen molar-refractivity contribution in [1.82, 2.24) is 10.6 Å². The Labute approximate surface area is 145 Å². The van der Waals surface area contributed by atoms with Crippen molar-refractivity contribution in [2.24, 2.45) is 0 Å². The van der Waals surface area contributed by atoms with Crippen molar-refractivity contribution in [3.8, 4) is 0 Å². The summed E-state index contributed by atoms with van der Waals surface area (Å²) in [6.45, 7) is 6.23. The van der Waals surface area contributed by atoms with Crippen LogP contribution in [0.25, 0.3) is 0 Å². The lowest BCUT2D eigenvalue weighted by Crippen LogP contribution is -2.53. The van der Waals surface area contributed by atoms with Crippen molar-refractivity contribution < 1.29 is 23.8 Å². The molecule has 0 aliphatic carbocycles. The number of amides is 2. The maximum absolute atomic E-state index is 13.8. The maximum atomic E-state index is 13.8. The van der Waals surface area contributed by atoms with Gasteiger partial charge in [-0.05, 0) is 33.8 Å². The monoisotopic (exact) mass is 360 g/mol. The minimum Gasteiger partial charge on any atom is -0.444 e. The zero-order valence-electron chi connectivity index (χ0n) is 14.0. The van der Waals surface area contributed by atoms with Gasteiger partial charge in [0.05, 0.1) is 11.1 Å². The molecule has 0 spiro atoms. The Morgan fingerprint density at radius 1 is 1.38 bits per heavy atom. The van der Waals surface area contributed by atoms with Gasteiger partial charge in [-0.3, -0.25) is 4.79 Å². The lowest BCUT2D eigenvalue weighted by atomic mass is 10.1. The summed E-state index contributed by atoms with van der Waals surface area (Å²) in [7, 11) is 0. The molecule has 1 aromatic carbocycles. The molecule has 8 heteroatoms. The molecular weight excluding hydrogens is 339 g/mol. The first kappa shape index (κ1) is 20.2. The van der Waals surface area contributed by atoms with Crippen LogP contribution in [-0.4, -0.2) is 34.9 Å². The number of hydrogen-bond acceptors (Lipinski definition) is 4. The molecule has 0 fully saturated rings. The van der Waals surface area contributed by atoms with E-state index in [9.17, 15) is 19.1 Å². The Morgan fingerprint density at radius 2 is 2.00 bits per heavy atom. The van der Waals surface area contributed by atoms with Crippen molar-refractivity contribution in [1.29, 1.82) is 0 Å². The average Bonchev–Trinajstić information content (AvgIpc) is 2.44. The fraction of sp³-hybridized carbons (Fsp3) is 0.500. The van der Waals surface area contributed by atoms with Gasteiger partial charge in [0.25, 0.3) is 0 Å². The molecule has 24 heavy (non-hydrogen) atoms. The highest BCUT2D eigenvalue weighted by atomic mass is 35.5. The van der Waals surface area contributed by atoms with Crippen molar-refractivity contribution in [3.05, 3.63) is 34.6 Å². The van der Waals surface area contributed by atoms with Crippen molar-refractivity contribution in [3.63, 3.8) is 0 Å². The van der Waals surface area contributed by atoms with Crippen LogP contribution in [0.15, 0.2) is 18.2 Å². The Bertz CT molecular complexity index is 602. The zero-order valence-corrected chi connectivity index (χ0v) is 14.8. The number of carbonyl (C=O) groups is 2. The fourth-order valence-corrected chi connectivity index (χ4v) is 2.01. The van der Waals surface area contributed by atoms with Crippen LogP contribution in [0, 0.1) is 5.82 Å². The number of aliphatic hydroxyl groups is 1. The van der Waals surface area contributed by atoms with Gasteiger partial charge in [-0.1, -0.05) is 23.7 Å². The van der Waals surface area contributed by atoms with E-state index in [4.69, 9.17) is 16.3 Å². The molecule has 6 nitrogen and oxygen atoms in total. The highest BCUT2D eigenvalue weighted by Gasteiger charge is 2.28. The first-order valence-electron chi connectivity index (χ1n) is 7.39. The Morgan fingerprint density at radius 3 is 2.54 bits per heavy atom. The van der Waals surface area contributed by atoms with Crippen LogP contribution in [0.4, 0.5) is 9.18 Å². The van der Waals surface area contributed by atoms with E-state index in [0.29, 0.717) is 0 Å².